The highest BCUT2D eigenvalue weighted by Crippen LogP contribution is 2.28. The van der Waals surface area contributed by atoms with Crippen molar-refractivity contribution < 1.29 is 9.18 Å². The van der Waals surface area contributed by atoms with Crippen LogP contribution in [0.4, 0.5) is 15.9 Å². The molecule has 31 heavy (non-hydrogen) atoms. The van der Waals surface area contributed by atoms with Crippen molar-refractivity contribution in [3.63, 3.8) is 0 Å². The molecule has 1 saturated heterocycles. The van der Waals surface area contributed by atoms with Crippen LogP contribution in [0, 0.1) is 11.7 Å². The van der Waals surface area contributed by atoms with E-state index >= 15 is 0 Å². The van der Waals surface area contributed by atoms with E-state index in [4.69, 9.17) is 0 Å². The number of fused-ring (bicyclic) bond motifs is 1. The molecule has 9 heteroatoms. The fraction of sp³-hybridized carbons (Fsp3) is 0.273. The predicted molar refractivity (Wildman–Crippen MR) is 118 cm³/mol. The molecule has 0 radical (unpaired) electrons. The van der Waals surface area contributed by atoms with E-state index in [-0.39, 0.29) is 17.6 Å². The number of anilines is 2. The van der Waals surface area contributed by atoms with Crippen LogP contribution >= 0.6 is 11.3 Å². The van der Waals surface area contributed by atoms with Crippen LogP contribution in [-0.4, -0.2) is 38.8 Å². The second-order valence-corrected chi connectivity index (χ2v) is 8.60. The number of carbonyl (C=O) groups excluding carboxylic acids is 1. The highest BCUT2D eigenvalue weighted by molar-refractivity contribution is 7.09. The molecule has 1 amide bonds. The zero-order valence-electron chi connectivity index (χ0n) is 16.8. The fourth-order valence-electron chi connectivity index (χ4n) is 3.94. The lowest BCUT2D eigenvalue weighted by Gasteiger charge is -2.34. The van der Waals surface area contributed by atoms with Gasteiger partial charge in [-0.2, -0.15) is 4.52 Å². The Labute approximate surface area is 182 Å². The minimum absolute atomic E-state index is 0.0834. The number of rotatable bonds is 5. The van der Waals surface area contributed by atoms with Gasteiger partial charge < -0.3 is 9.80 Å². The van der Waals surface area contributed by atoms with Crippen LogP contribution in [0.3, 0.4) is 0 Å². The zero-order valence-corrected chi connectivity index (χ0v) is 17.6. The Kier molecular flexibility index (Phi) is 5.33. The lowest BCUT2D eigenvalue weighted by Crippen LogP contribution is -2.42. The Morgan fingerprint density at radius 2 is 1.94 bits per heavy atom. The summed E-state index contributed by atoms with van der Waals surface area (Å²) in [6.45, 7) is 1.98. The van der Waals surface area contributed by atoms with Crippen molar-refractivity contribution in [2.24, 2.45) is 5.92 Å². The predicted octanol–water partition coefficient (Wildman–Crippen LogP) is 3.77. The average molecular weight is 437 g/mol. The molecule has 1 fully saturated rings. The highest BCUT2D eigenvalue weighted by Gasteiger charge is 2.30. The van der Waals surface area contributed by atoms with Gasteiger partial charge in [-0.05, 0) is 60.7 Å². The van der Waals surface area contributed by atoms with Crippen molar-refractivity contribution in [1.82, 2.24) is 19.8 Å². The van der Waals surface area contributed by atoms with E-state index in [0.29, 0.717) is 12.2 Å². The fourth-order valence-corrected chi connectivity index (χ4v) is 4.63. The zero-order chi connectivity index (χ0) is 21.2. The molecule has 7 nitrogen and oxygen atoms in total. The number of nitrogens with zero attached hydrogens (tertiary/aromatic N) is 6. The summed E-state index contributed by atoms with van der Waals surface area (Å²) >= 11 is 1.62. The minimum atomic E-state index is -0.307. The van der Waals surface area contributed by atoms with Gasteiger partial charge in [-0.15, -0.1) is 26.6 Å². The SMILES string of the molecule is O=C(C1CCN(c2ccc3nncn3n2)CC1)N(Cc1cccs1)c1ccc(F)cc1. The minimum Gasteiger partial charge on any atom is -0.355 e. The molecule has 1 aromatic carbocycles. The molecule has 0 bridgehead atoms. The van der Waals surface area contributed by atoms with E-state index in [1.165, 1.54) is 12.1 Å². The molecule has 0 atom stereocenters. The molecule has 0 unspecified atom stereocenters. The molecule has 3 aromatic heterocycles. The molecule has 0 spiro atoms. The average Bonchev–Trinajstić information content (AvgIpc) is 3.49. The number of halogens is 1. The molecular weight excluding hydrogens is 415 g/mol. The maximum absolute atomic E-state index is 13.5. The number of aromatic nitrogens is 4. The maximum Gasteiger partial charge on any atom is 0.230 e. The van der Waals surface area contributed by atoms with Crippen molar-refractivity contribution >= 4 is 34.4 Å². The summed E-state index contributed by atoms with van der Waals surface area (Å²) in [7, 11) is 0. The largest absolute Gasteiger partial charge is 0.355 e. The van der Waals surface area contributed by atoms with Crippen molar-refractivity contribution in [1.29, 1.82) is 0 Å². The monoisotopic (exact) mass is 436 g/mol. The van der Waals surface area contributed by atoms with Crippen LogP contribution in [0.1, 0.15) is 17.7 Å². The van der Waals surface area contributed by atoms with E-state index < -0.39 is 0 Å². The summed E-state index contributed by atoms with van der Waals surface area (Å²) < 4.78 is 15.1. The molecule has 0 N–H and O–H groups in total. The first kappa shape index (κ1) is 19.6. The molecular formula is C22H21FN6OS. The van der Waals surface area contributed by atoms with Crippen LogP contribution in [0.2, 0.25) is 0 Å². The molecule has 0 saturated carbocycles. The third kappa shape index (κ3) is 4.13. The van der Waals surface area contributed by atoms with Gasteiger partial charge in [0.15, 0.2) is 5.65 Å². The first-order chi connectivity index (χ1) is 15.2. The number of thiophene rings is 1. The van der Waals surface area contributed by atoms with E-state index in [1.54, 1.807) is 39.2 Å². The number of amides is 1. The van der Waals surface area contributed by atoms with Crippen molar-refractivity contribution in [3.8, 4) is 0 Å². The molecule has 1 aliphatic heterocycles. The van der Waals surface area contributed by atoms with Gasteiger partial charge in [0.25, 0.3) is 0 Å². The van der Waals surface area contributed by atoms with Crippen LogP contribution in [0.25, 0.3) is 5.65 Å². The van der Waals surface area contributed by atoms with Gasteiger partial charge >= 0.3 is 0 Å². The van der Waals surface area contributed by atoms with Gasteiger partial charge in [-0.1, -0.05) is 6.07 Å². The van der Waals surface area contributed by atoms with Gasteiger partial charge in [0.1, 0.15) is 18.0 Å². The molecule has 0 aliphatic carbocycles. The lowest BCUT2D eigenvalue weighted by atomic mass is 9.95. The number of piperidine rings is 1. The summed E-state index contributed by atoms with van der Waals surface area (Å²) in [5, 5.41) is 14.4. The number of hydrogen-bond acceptors (Lipinski definition) is 6. The molecule has 4 aromatic rings. The molecule has 158 valence electrons. The Morgan fingerprint density at radius 3 is 2.68 bits per heavy atom. The summed E-state index contributed by atoms with van der Waals surface area (Å²) in [4.78, 5) is 18.5. The number of benzene rings is 1. The summed E-state index contributed by atoms with van der Waals surface area (Å²) in [6.07, 6.45) is 3.06. The molecule has 4 heterocycles. The molecule has 5 rings (SSSR count). The van der Waals surface area contributed by atoms with E-state index in [0.717, 1.165) is 42.3 Å². The number of carbonyl (C=O) groups is 1. The Morgan fingerprint density at radius 1 is 1.13 bits per heavy atom. The normalized spacial score (nSPS) is 14.8. The van der Waals surface area contributed by atoms with Gasteiger partial charge in [-0.3, -0.25) is 4.79 Å². The van der Waals surface area contributed by atoms with Gasteiger partial charge in [0, 0.05) is 29.6 Å². The highest BCUT2D eigenvalue weighted by atomic mass is 32.1. The molecule has 1 aliphatic rings. The van der Waals surface area contributed by atoms with Crippen molar-refractivity contribution in [3.05, 3.63) is 70.9 Å². The smallest absolute Gasteiger partial charge is 0.230 e. The van der Waals surface area contributed by atoms with Gasteiger partial charge in [0.05, 0.1) is 6.54 Å². The van der Waals surface area contributed by atoms with Crippen LogP contribution in [-0.2, 0) is 11.3 Å². The van der Waals surface area contributed by atoms with Gasteiger partial charge in [0.2, 0.25) is 5.91 Å². The Hall–Kier alpha value is -3.33. The quantitative estimate of drug-likeness (QED) is 0.476. The second-order valence-electron chi connectivity index (χ2n) is 7.57. The van der Waals surface area contributed by atoms with Gasteiger partial charge in [-0.25, -0.2) is 4.39 Å². The van der Waals surface area contributed by atoms with Crippen LogP contribution < -0.4 is 9.80 Å². The Bertz CT molecular complexity index is 1170. The Balaban J connectivity index is 1.31. The maximum atomic E-state index is 13.5. The standard InChI is InChI=1S/C22H21FN6OS/c23-17-3-5-18(6-4-17)28(14-19-2-1-13-31-19)22(30)16-9-11-27(12-10-16)21-8-7-20-25-24-15-29(20)26-21/h1-8,13,15-16H,9-12,14H2. The summed E-state index contributed by atoms with van der Waals surface area (Å²) in [6, 6.07) is 14.0. The third-order valence-corrected chi connectivity index (χ3v) is 6.48. The second kappa shape index (κ2) is 8.43. The first-order valence-corrected chi connectivity index (χ1v) is 11.1. The summed E-state index contributed by atoms with van der Waals surface area (Å²) in [5.41, 5.74) is 1.43. The van der Waals surface area contributed by atoms with E-state index in [2.05, 4.69) is 20.2 Å². The summed E-state index contributed by atoms with van der Waals surface area (Å²) in [5.74, 6) is 0.548. The van der Waals surface area contributed by atoms with Crippen molar-refractivity contribution in [2.75, 3.05) is 22.9 Å². The van der Waals surface area contributed by atoms with Crippen LogP contribution in [0.15, 0.2) is 60.2 Å². The van der Waals surface area contributed by atoms with E-state index in [1.807, 2.05) is 29.6 Å². The van der Waals surface area contributed by atoms with Crippen LogP contribution in [0.5, 0.6) is 0 Å². The first-order valence-electron chi connectivity index (χ1n) is 10.2. The topological polar surface area (TPSA) is 66.6 Å². The van der Waals surface area contributed by atoms with Crippen molar-refractivity contribution in [2.45, 2.75) is 19.4 Å². The van der Waals surface area contributed by atoms with E-state index in [9.17, 15) is 9.18 Å². The third-order valence-electron chi connectivity index (χ3n) is 5.61. The lowest BCUT2D eigenvalue weighted by molar-refractivity contribution is -0.123. The number of hydrogen-bond donors (Lipinski definition) is 0.